The smallest absolute Gasteiger partial charge is 0.363 e. The summed E-state index contributed by atoms with van der Waals surface area (Å²) in [5.41, 5.74) is 0.295. The van der Waals surface area contributed by atoms with Crippen LogP contribution in [0.5, 0.6) is 0 Å². The molecule has 4 rings (SSSR count). The molecule has 4 nitrogen and oxygen atoms in total. The summed E-state index contributed by atoms with van der Waals surface area (Å²) < 4.78 is 39.6. The maximum absolute atomic E-state index is 13.2. The molecule has 2 aromatic heterocycles. The lowest BCUT2D eigenvalue weighted by molar-refractivity contribution is -0.917. The van der Waals surface area contributed by atoms with Crippen LogP contribution in [-0.4, -0.2) is 29.6 Å². The molecule has 0 unspecified atom stereocenters. The molecule has 0 saturated carbocycles. The molecule has 0 bridgehead atoms. The zero-order valence-corrected chi connectivity index (χ0v) is 15.4. The van der Waals surface area contributed by atoms with Crippen molar-refractivity contribution < 1.29 is 18.1 Å². The molecule has 0 aliphatic carbocycles. The fourth-order valence-electron chi connectivity index (χ4n) is 3.65. The number of thiophene rings is 1. The molecule has 1 fully saturated rings. The van der Waals surface area contributed by atoms with Crippen LogP contribution in [0.4, 0.5) is 19.0 Å². The van der Waals surface area contributed by atoms with Crippen LogP contribution in [0.15, 0.2) is 41.8 Å². The van der Waals surface area contributed by atoms with Gasteiger partial charge >= 0.3 is 6.18 Å². The van der Waals surface area contributed by atoms with Gasteiger partial charge in [-0.2, -0.15) is 13.2 Å². The van der Waals surface area contributed by atoms with Crippen molar-refractivity contribution in [2.45, 2.75) is 25.1 Å². The number of halogens is 3. The lowest BCUT2D eigenvalue weighted by Crippen LogP contribution is -3.10. The lowest BCUT2D eigenvalue weighted by Gasteiger charge is -2.24. The van der Waals surface area contributed by atoms with Crippen molar-refractivity contribution in [3.8, 4) is 0 Å². The zero-order valence-electron chi connectivity index (χ0n) is 14.6. The SMILES string of the molecule is FC(F)(F)c1nc(NC[C@@H](c2cccs2)[NH+]2CCCC2)c2ccccc2n1. The van der Waals surface area contributed by atoms with Crippen molar-refractivity contribution in [3.05, 3.63) is 52.5 Å². The molecular weight excluding hydrogens is 373 g/mol. The summed E-state index contributed by atoms with van der Waals surface area (Å²) in [6.07, 6.45) is -2.20. The first-order valence-corrected chi connectivity index (χ1v) is 9.86. The highest BCUT2D eigenvalue weighted by Crippen LogP contribution is 2.30. The Hall–Kier alpha value is -2.19. The average molecular weight is 393 g/mol. The van der Waals surface area contributed by atoms with E-state index in [9.17, 15) is 13.2 Å². The van der Waals surface area contributed by atoms with E-state index in [1.54, 1.807) is 35.6 Å². The van der Waals surface area contributed by atoms with E-state index in [2.05, 4.69) is 21.4 Å². The molecule has 1 aromatic carbocycles. The van der Waals surface area contributed by atoms with Gasteiger partial charge in [0.1, 0.15) is 11.9 Å². The Balaban J connectivity index is 1.65. The van der Waals surface area contributed by atoms with E-state index < -0.39 is 12.0 Å². The van der Waals surface area contributed by atoms with Crippen molar-refractivity contribution in [2.75, 3.05) is 25.0 Å². The van der Waals surface area contributed by atoms with Crippen molar-refractivity contribution in [3.63, 3.8) is 0 Å². The van der Waals surface area contributed by atoms with E-state index >= 15 is 0 Å². The van der Waals surface area contributed by atoms with Gasteiger partial charge in [-0.05, 0) is 23.6 Å². The van der Waals surface area contributed by atoms with Crippen LogP contribution in [0.1, 0.15) is 29.6 Å². The molecule has 1 aliphatic heterocycles. The fourth-order valence-corrected chi connectivity index (χ4v) is 4.54. The van der Waals surface area contributed by atoms with E-state index in [-0.39, 0.29) is 11.9 Å². The molecule has 3 aromatic rings. The van der Waals surface area contributed by atoms with Gasteiger partial charge in [-0.1, -0.05) is 18.2 Å². The van der Waals surface area contributed by atoms with Crippen LogP contribution in [0.2, 0.25) is 0 Å². The maximum Gasteiger partial charge on any atom is 0.451 e. The highest BCUT2D eigenvalue weighted by atomic mass is 32.1. The Labute approximate surface area is 159 Å². The Morgan fingerprint density at radius 3 is 2.56 bits per heavy atom. The van der Waals surface area contributed by atoms with Crippen LogP contribution >= 0.6 is 11.3 Å². The van der Waals surface area contributed by atoms with Crippen LogP contribution in [-0.2, 0) is 6.18 Å². The average Bonchev–Trinajstić information content (AvgIpc) is 3.35. The third-order valence-corrected chi connectivity index (χ3v) is 5.94. The first kappa shape index (κ1) is 18.2. The fraction of sp³-hybridized carbons (Fsp3) is 0.368. The Morgan fingerprint density at radius 2 is 1.85 bits per heavy atom. The minimum absolute atomic E-state index is 0.204. The van der Waals surface area contributed by atoms with Gasteiger partial charge in [0.2, 0.25) is 5.82 Å². The summed E-state index contributed by atoms with van der Waals surface area (Å²) in [5.74, 6) is -0.863. The molecule has 142 valence electrons. The molecule has 3 heterocycles. The second-order valence-electron chi connectivity index (χ2n) is 6.72. The van der Waals surface area contributed by atoms with E-state index in [4.69, 9.17) is 0 Å². The molecule has 1 aliphatic rings. The number of nitrogens with zero attached hydrogens (tertiary/aromatic N) is 2. The predicted molar refractivity (Wildman–Crippen MR) is 100 cm³/mol. The summed E-state index contributed by atoms with van der Waals surface area (Å²) in [4.78, 5) is 10.2. The minimum Gasteiger partial charge on any atom is -0.363 e. The normalized spacial score (nSPS) is 16.7. The minimum atomic E-state index is -4.58. The van der Waals surface area contributed by atoms with Crippen LogP contribution < -0.4 is 10.2 Å². The highest BCUT2D eigenvalue weighted by molar-refractivity contribution is 7.10. The molecule has 8 heteroatoms. The number of hydrogen-bond donors (Lipinski definition) is 2. The number of alkyl halides is 3. The number of quaternary nitrogens is 1. The summed E-state index contributed by atoms with van der Waals surface area (Å²) in [6, 6.07) is 11.1. The van der Waals surface area contributed by atoms with Gasteiger partial charge in [0.05, 0.1) is 30.0 Å². The monoisotopic (exact) mass is 393 g/mol. The number of rotatable bonds is 5. The third kappa shape index (κ3) is 3.91. The zero-order chi connectivity index (χ0) is 18.9. The van der Waals surface area contributed by atoms with Crippen molar-refractivity contribution in [1.82, 2.24) is 9.97 Å². The molecule has 0 amide bonds. The van der Waals surface area contributed by atoms with Crippen molar-refractivity contribution in [2.24, 2.45) is 0 Å². The second kappa shape index (κ2) is 7.44. The van der Waals surface area contributed by atoms with Crippen LogP contribution in [0.25, 0.3) is 10.9 Å². The highest BCUT2D eigenvalue weighted by Gasteiger charge is 2.36. The molecule has 0 radical (unpaired) electrons. The summed E-state index contributed by atoms with van der Waals surface area (Å²) in [7, 11) is 0. The number of hydrogen-bond acceptors (Lipinski definition) is 4. The Kier molecular flexibility index (Phi) is 5.01. The Morgan fingerprint density at radius 1 is 1.07 bits per heavy atom. The van der Waals surface area contributed by atoms with E-state index in [1.165, 1.54) is 22.6 Å². The number of benzene rings is 1. The lowest BCUT2D eigenvalue weighted by atomic mass is 10.2. The van der Waals surface area contributed by atoms with Crippen molar-refractivity contribution >= 4 is 28.1 Å². The topological polar surface area (TPSA) is 42.2 Å². The quantitative estimate of drug-likeness (QED) is 0.697. The second-order valence-corrected chi connectivity index (χ2v) is 7.70. The number of fused-ring (bicyclic) bond motifs is 1. The van der Waals surface area contributed by atoms with E-state index in [0.29, 0.717) is 17.4 Å². The van der Waals surface area contributed by atoms with Gasteiger partial charge in [-0.15, -0.1) is 11.3 Å². The summed E-state index contributed by atoms with van der Waals surface area (Å²) in [6.45, 7) is 2.71. The van der Waals surface area contributed by atoms with Crippen LogP contribution in [0.3, 0.4) is 0 Å². The van der Waals surface area contributed by atoms with Gasteiger partial charge in [0.15, 0.2) is 0 Å². The Bertz CT molecular complexity index is 905. The number of likely N-dealkylation sites (tertiary alicyclic amines) is 1. The standard InChI is InChI=1S/C19H19F3N4S/c20-19(21,22)18-24-14-7-2-1-6-13(14)17(25-18)23-12-15(16-8-5-11-27-16)26-9-3-4-10-26/h1-2,5-8,11,15H,3-4,9-10,12H2,(H,23,24,25)/p+1/t15-/m0/s1. The molecule has 2 N–H and O–H groups in total. The number of para-hydroxylation sites is 1. The third-order valence-electron chi connectivity index (χ3n) is 4.96. The van der Waals surface area contributed by atoms with Gasteiger partial charge in [0.25, 0.3) is 0 Å². The molecule has 27 heavy (non-hydrogen) atoms. The maximum atomic E-state index is 13.2. The van der Waals surface area contributed by atoms with Gasteiger partial charge < -0.3 is 10.2 Å². The van der Waals surface area contributed by atoms with Gasteiger partial charge in [-0.25, -0.2) is 9.97 Å². The number of nitrogens with one attached hydrogen (secondary N) is 2. The van der Waals surface area contributed by atoms with Gasteiger partial charge in [0, 0.05) is 18.2 Å². The van der Waals surface area contributed by atoms with Crippen molar-refractivity contribution in [1.29, 1.82) is 0 Å². The molecular formula is C19H20F3N4S+. The first-order chi connectivity index (χ1) is 13.0. The summed E-state index contributed by atoms with van der Waals surface area (Å²) >= 11 is 1.69. The van der Waals surface area contributed by atoms with E-state index in [1.807, 2.05) is 11.4 Å². The molecule has 0 spiro atoms. The number of anilines is 1. The number of aromatic nitrogens is 2. The van der Waals surface area contributed by atoms with E-state index in [0.717, 1.165) is 13.1 Å². The molecule has 1 atom stereocenters. The summed E-state index contributed by atoms with van der Waals surface area (Å²) in [5, 5.41) is 5.85. The van der Waals surface area contributed by atoms with Gasteiger partial charge in [-0.3, -0.25) is 0 Å². The largest absolute Gasteiger partial charge is 0.451 e. The molecule has 1 saturated heterocycles. The predicted octanol–water partition coefficient (Wildman–Crippen LogP) is 3.54. The van der Waals surface area contributed by atoms with Crippen LogP contribution in [0, 0.1) is 0 Å². The first-order valence-electron chi connectivity index (χ1n) is 8.98.